The van der Waals surface area contributed by atoms with Gasteiger partial charge in [0, 0.05) is 11.5 Å². The number of phosphoric acid groups is 1. The van der Waals surface area contributed by atoms with Crippen LogP contribution in [0.5, 0.6) is 17.2 Å². The Balaban J connectivity index is 2.68. The van der Waals surface area contributed by atoms with Gasteiger partial charge in [-0.3, -0.25) is 13.8 Å². The predicted octanol–water partition coefficient (Wildman–Crippen LogP) is 5.91. The number of benzene rings is 1. The summed E-state index contributed by atoms with van der Waals surface area (Å²) >= 11 is 0. The number of methoxy groups -OCH3 is 3. The Labute approximate surface area is 271 Å². The van der Waals surface area contributed by atoms with E-state index in [0.29, 0.717) is 40.3 Å². The Morgan fingerprint density at radius 2 is 1.51 bits per heavy atom. The van der Waals surface area contributed by atoms with E-state index in [1.165, 1.54) is 47.0 Å². The van der Waals surface area contributed by atoms with Crippen LogP contribution in [0.2, 0.25) is 0 Å². The van der Waals surface area contributed by atoms with Crippen LogP contribution in [0, 0.1) is 5.92 Å². The highest BCUT2D eigenvalue weighted by Crippen LogP contribution is 2.43. The molecule has 0 spiro atoms. The van der Waals surface area contributed by atoms with Crippen molar-refractivity contribution >= 4 is 13.6 Å². The fourth-order valence-electron chi connectivity index (χ4n) is 4.81. The molecule has 260 valence electrons. The predicted molar refractivity (Wildman–Crippen MR) is 178 cm³/mol. The Kier molecular flexibility index (Phi) is 19.8. The highest BCUT2D eigenvalue weighted by Gasteiger charge is 2.26. The van der Waals surface area contributed by atoms with Crippen LogP contribution in [-0.4, -0.2) is 94.6 Å². The molecule has 1 rings (SSSR count). The molecule has 0 radical (unpaired) electrons. The molecule has 45 heavy (non-hydrogen) atoms. The molecule has 0 saturated carbocycles. The summed E-state index contributed by atoms with van der Waals surface area (Å²) < 4.78 is 39.0. The lowest BCUT2D eigenvalue weighted by molar-refractivity contribution is -0.870. The van der Waals surface area contributed by atoms with E-state index in [1.807, 2.05) is 27.2 Å². The largest absolute Gasteiger partial charge is 0.493 e. The van der Waals surface area contributed by atoms with Crippen LogP contribution < -0.4 is 19.9 Å². The summed E-state index contributed by atoms with van der Waals surface area (Å²) in [7, 11) is 6.19. The first-order chi connectivity index (χ1) is 21.3. The minimum Gasteiger partial charge on any atom is -0.493 e. The molecule has 0 amide bonds. The number of hydrogen-bond donors (Lipinski definition) is 3. The first-order valence-corrected chi connectivity index (χ1v) is 17.6. The van der Waals surface area contributed by atoms with E-state index in [-0.39, 0.29) is 24.9 Å². The Morgan fingerprint density at radius 1 is 0.933 bits per heavy atom. The minimum atomic E-state index is -4.26. The van der Waals surface area contributed by atoms with Gasteiger partial charge in [-0.05, 0) is 37.8 Å². The minimum absolute atomic E-state index is 0.0584. The average Bonchev–Trinajstić information content (AvgIpc) is 2.99. The van der Waals surface area contributed by atoms with Crippen LogP contribution in [0.1, 0.15) is 87.9 Å². The molecule has 1 aromatic rings. The summed E-state index contributed by atoms with van der Waals surface area (Å²) in [4.78, 5) is 23.6. The van der Waals surface area contributed by atoms with E-state index in [9.17, 15) is 19.4 Å². The number of quaternary nitrogens is 1. The van der Waals surface area contributed by atoms with Crippen molar-refractivity contribution in [1.82, 2.24) is 0 Å². The SMILES string of the molecule is CCCCCCCCC(CCCCC=CC(O)C(N)COP(=O)(O)OCC[N+](C)(C)C)C(=O)c1cc(OC)c(OC)c(OC)c1. The maximum Gasteiger partial charge on any atom is 0.472 e. The number of allylic oxidation sites excluding steroid dienone is 1. The molecule has 0 saturated heterocycles. The van der Waals surface area contributed by atoms with E-state index in [2.05, 4.69) is 6.92 Å². The van der Waals surface area contributed by atoms with Gasteiger partial charge < -0.3 is 34.4 Å². The van der Waals surface area contributed by atoms with Gasteiger partial charge in [0.15, 0.2) is 17.3 Å². The molecule has 4 atom stereocenters. The van der Waals surface area contributed by atoms with Crippen LogP contribution in [0.15, 0.2) is 24.3 Å². The monoisotopic (exact) mass is 659 g/mol. The Hall–Kier alpha value is -1.98. The lowest BCUT2D eigenvalue weighted by Crippen LogP contribution is -2.38. The van der Waals surface area contributed by atoms with Gasteiger partial charge in [-0.15, -0.1) is 0 Å². The lowest BCUT2D eigenvalue weighted by atomic mass is 9.87. The molecule has 11 nitrogen and oxygen atoms in total. The average molecular weight is 660 g/mol. The summed E-state index contributed by atoms with van der Waals surface area (Å²) in [5.74, 6) is 1.32. The molecule has 0 aliphatic heterocycles. The number of phosphoric ester groups is 1. The van der Waals surface area contributed by atoms with Crippen LogP contribution in [0.4, 0.5) is 0 Å². The third-order valence-electron chi connectivity index (χ3n) is 7.62. The van der Waals surface area contributed by atoms with Crippen LogP contribution in [0.25, 0.3) is 0 Å². The number of ketones is 1. The summed E-state index contributed by atoms with van der Waals surface area (Å²) in [6.07, 6.45) is 13.2. The van der Waals surface area contributed by atoms with Gasteiger partial charge in [0.25, 0.3) is 0 Å². The zero-order chi connectivity index (χ0) is 33.9. The van der Waals surface area contributed by atoms with Gasteiger partial charge >= 0.3 is 7.82 Å². The van der Waals surface area contributed by atoms with Gasteiger partial charge in [0.1, 0.15) is 13.2 Å². The molecule has 0 aromatic heterocycles. The van der Waals surface area contributed by atoms with Gasteiger partial charge in [-0.2, -0.15) is 0 Å². The van der Waals surface area contributed by atoms with Crippen LogP contribution in [0.3, 0.4) is 0 Å². The molecular weight excluding hydrogens is 599 g/mol. The number of unbranched alkanes of at least 4 members (excludes halogenated alkanes) is 7. The molecule has 0 heterocycles. The molecule has 1 aromatic carbocycles. The topological polar surface area (TPSA) is 147 Å². The summed E-state index contributed by atoms with van der Waals surface area (Å²) in [5.41, 5.74) is 6.50. The van der Waals surface area contributed by atoms with E-state index < -0.39 is 20.0 Å². The highest BCUT2D eigenvalue weighted by atomic mass is 31.2. The molecule has 12 heteroatoms. The van der Waals surface area contributed by atoms with Crippen LogP contribution >= 0.6 is 7.82 Å². The number of hydrogen-bond acceptors (Lipinski definition) is 9. The third kappa shape index (κ3) is 16.9. The number of rotatable bonds is 26. The maximum atomic E-state index is 13.7. The van der Waals surface area contributed by atoms with Crippen LogP contribution in [-0.2, 0) is 13.6 Å². The van der Waals surface area contributed by atoms with Gasteiger partial charge in [-0.25, -0.2) is 4.57 Å². The molecular formula is C33H60N2O9P+. The highest BCUT2D eigenvalue weighted by molar-refractivity contribution is 7.47. The van der Waals surface area contributed by atoms with Gasteiger partial charge in [0.05, 0.1) is 61.2 Å². The third-order valence-corrected chi connectivity index (χ3v) is 8.60. The smallest absolute Gasteiger partial charge is 0.472 e. The fourth-order valence-corrected chi connectivity index (χ4v) is 5.56. The second-order valence-corrected chi connectivity index (χ2v) is 14.0. The summed E-state index contributed by atoms with van der Waals surface area (Å²) in [5, 5.41) is 10.4. The quantitative estimate of drug-likeness (QED) is 0.0361. The standard InChI is InChI=1S/C33H59N2O9P/c1-8-9-10-11-12-15-18-26(32(37)27-23-30(40-5)33(42-7)31(24-27)41-6)19-16-13-14-17-20-29(36)28(34)25-44-45(38,39)43-22-21-35(2,3)4/h17,20,23-24,26,28-29,36H,8-16,18-19,21-22,25,34H2,1-7H3/p+1. The van der Waals surface area contributed by atoms with Crippen molar-refractivity contribution in [1.29, 1.82) is 0 Å². The van der Waals surface area contributed by atoms with E-state index in [0.717, 1.165) is 38.5 Å². The second kappa shape index (κ2) is 21.7. The van der Waals surface area contributed by atoms with Gasteiger partial charge in [-0.1, -0.05) is 64.0 Å². The molecule has 0 aliphatic carbocycles. The number of Topliss-reactive ketones (excluding diaryl/α,β-unsaturated/α-hetero) is 1. The van der Waals surface area contributed by atoms with E-state index >= 15 is 0 Å². The molecule has 0 fully saturated rings. The molecule has 4 N–H and O–H groups in total. The summed E-state index contributed by atoms with van der Waals surface area (Å²) in [6, 6.07) is 2.56. The number of carbonyl (C=O) groups is 1. The Bertz CT molecular complexity index is 1040. The first kappa shape index (κ1) is 41.0. The number of ether oxygens (including phenoxy) is 3. The second-order valence-electron chi connectivity index (χ2n) is 12.5. The number of nitrogens with zero attached hydrogens (tertiary/aromatic N) is 1. The normalized spacial score (nSPS) is 15.4. The molecule has 0 aliphatic rings. The van der Waals surface area contributed by atoms with Crippen molar-refractivity contribution in [2.75, 3.05) is 62.2 Å². The van der Waals surface area contributed by atoms with Crippen molar-refractivity contribution in [3.8, 4) is 17.2 Å². The van der Waals surface area contributed by atoms with E-state index in [4.69, 9.17) is 29.0 Å². The number of likely N-dealkylation sites (N-methyl/N-ethyl adjacent to an activating group) is 1. The number of aliphatic hydroxyl groups excluding tert-OH is 1. The molecule has 0 bridgehead atoms. The van der Waals surface area contributed by atoms with E-state index in [1.54, 1.807) is 18.2 Å². The maximum absolute atomic E-state index is 13.7. The fraction of sp³-hybridized carbons (Fsp3) is 0.727. The van der Waals surface area contributed by atoms with Crippen molar-refractivity contribution in [2.45, 2.75) is 89.7 Å². The Morgan fingerprint density at radius 3 is 2.07 bits per heavy atom. The van der Waals surface area contributed by atoms with Crippen molar-refractivity contribution in [3.05, 3.63) is 29.8 Å². The summed E-state index contributed by atoms with van der Waals surface area (Å²) in [6.45, 7) is 2.46. The lowest BCUT2D eigenvalue weighted by Gasteiger charge is -2.24. The van der Waals surface area contributed by atoms with Crippen molar-refractivity contribution < 1.29 is 47.1 Å². The number of nitrogens with two attached hydrogens (primary N) is 1. The zero-order valence-corrected chi connectivity index (χ0v) is 29.6. The van der Waals surface area contributed by atoms with Gasteiger partial charge in [0.2, 0.25) is 5.75 Å². The zero-order valence-electron chi connectivity index (χ0n) is 28.7. The van der Waals surface area contributed by atoms with Crippen molar-refractivity contribution in [2.24, 2.45) is 11.7 Å². The number of carbonyl (C=O) groups excluding carboxylic acids is 1. The number of aliphatic hydroxyl groups is 1. The van der Waals surface area contributed by atoms with Crippen molar-refractivity contribution in [3.63, 3.8) is 0 Å². The first-order valence-electron chi connectivity index (χ1n) is 16.1. The molecule has 4 unspecified atom stereocenters.